The molecule has 4 heteroatoms. The Kier molecular flexibility index (Phi) is 3.48. The molecule has 0 radical (unpaired) electrons. The molecule has 0 saturated carbocycles. The van der Waals surface area contributed by atoms with Gasteiger partial charge in [0.2, 0.25) is 0 Å². The number of benzene rings is 2. The smallest absolute Gasteiger partial charge is 0.154 e. The maximum atomic E-state index is 11.4. The predicted octanol–water partition coefficient (Wildman–Crippen LogP) is 4.00. The van der Waals surface area contributed by atoms with Crippen molar-refractivity contribution in [2.75, 3.05) is 0 Å². The molecule has 0 aliphatic carbocycles. The summed E-state index contributed by atoms with van der Waals surface area (Å²) in [7, 11) is 0. The average molecular weight is 283 g/mol. The van der Waals surface area contributed by atoms with E-state index in [4.69, 9.17) is 4.74 Å². The van der Waals surface area contributed by atoms with E-state index in [-0.39, 0.29) is 0 Å². The van der Waals surface area contributed by atoms with Crippen LogP contribution in [0.5, 0.6) is 5.75 Å². The van der Waals surface area contributed by atoms with E-state index < -0.39 is 0 Å². The summed E-state index contributed by atoms with van der Waals surface area (Å²) in [5, 5.41) is 4.84. The van der Waals surface area contributed by atoms with Crippen molar-refractivity contribution < 1.29 is 9.53 Å². The Bertz CT molecular complexity index is 764. The highest BCUT2D eigenvalue weighted by Crippen LogP contribution is 2.27. The molecule has 0 bridgehead atoms. The van der Waals surface area contributed by atoms with Crippen molar-refractivity contribution in [1.82, 2.24) is 4.98 Å². The second-order valence-corrected chi connectivity index (χ2v) is 5.43. The van der Waals surface area contributed by atoms with Crippen molar-refractivity contribution in [2.45, 2.75) is 13.5 Å². The molecule has 0 aliphatic heterocycles. The highest BCUT2D eigenvalue weighted by Gasteiger charge is 2.09. The number of thiazole rings is 1. The minimum Gasteiger partial charge on any atom is -0.486 e. The first-order valence-electron chi connectivity index (χ1n) is 6.28. The standard InChI is InChI=1S/C16H13NO2S/c1-11-10-20-16(17-11)9-19-15-7-6-12-4-2-3-5-13(12)14(15)8-18/h2-8,10H,9H2,1H3. The largest absolute Gasteiger partial charge is 0.486 e. The summed E-state index contributed by atoms with van der Waals surface area (Å²) in [5.74, 6) is 0.603. The normalized spacial score (nSPS) is 10.7. The molecule has 20 heavy (non-hydrogen) atoms. The Morgan fingerprint density at radius 1 is 1.25 bits per heavy atom. The summed E-state index contributed by atoms with van der Waals surface area (Å²) in [5.41, 5.74) is 1.58. The average Bonchev–Trinajstić information content (AvgIpc) is 2.90. The minimum atomic E-state index is 0.387. The van der Waals surface area contributed by atoms with Crippen LogP contribution >= 0.6 is 11.3 Å². The molecule has 1 aromatic heterocycles. The molecule has 0 amide bonds. The van der Waals surface area contributed by atoms with Gasteiger partial charge in [0.05, 0.1) is 5.56 Å². The number of carbonyl (C=O) groups is 1. The fourth-order valence-corrected chi connectivity index (χ4v) is 2.81. The van der Waals surface area contributed by atoms with Gasteiger partial charge in [0.1, 0.15) is 17.4 Å². The third-order valence-corrected chi connectivity index (χ3v) is 4.01. The molecule has 0 saturated heterocycles. The molecule has 0 aliphatic rings. The first-order valence-corrected chi connectivity index (χ1v) is 7.16. The Morgan fingerprint density at radius 3 is 2.85 bits per heavy atom. The van der Waals surface area contributed by atoms with Crippen molar-refractivity contribution >= 4 is 28.4 Å². The maximum Gasteiger partial charge on any atom is 0.154 e. The second kappa shape index (κ2) is 5.43. The molecular formula is C16H13NO2S. The van der Waals surface area contributed by atoms with E-state index in [0.717, 1.165) is 27.8 Å². The lowest BCUT2D eigenvalue weighted by Crippen LogP contribution is -1.98. The van der Waals surface area contributed by atoms with Crippen LogP contribution in [0.25, 0.3) is 10.8 Å². The summed E-state index contributed by atoms with van der Waals surface area (Å²) in [4.78, 5) is 15.7. The fraction of sp³-hybridized carbons (Fsp3) is 0.125. The van der Waals surface area contributed by atoms with E-state index in [1.165, 1.54) is 0 Å². The highest BCUT2D eigenvalue weighted by atomic mass is 32.1. The van der Waals surface area contributed by atoms with Gasteiger partial charge in [-0.1, -0.05) is 30.3 Å². The van der Waals surface area contributed by atoms with E-state index in [1.54, 1.807) is 11.3 Å². The van der Waals surface area contributed by atoms with E-state index in [2.05, 4.69) is 4.98 Å². The zero-order valence-electron chi connectivity index (χ0n) is 11.0. The van der Waals surface area contributed by atoms with Crippen LogP contribution < -0.4 is 4.74 Å². The van der Waals surface area contributed by atoms with E-state index >= 15 is 0 Å². The zero-order valence-corrected chi connectivity index (χ0v) is 11.8. The van der Waals surface area contributed by atoms with Crippen molar-refractivity contribution in [3.8, 4) is 5.75 Å². The van der Waals surface area contributed by atoms with Crippen LogP contribution in [-0.4, -0.2) is 11.3 Å². The van der Waals surface area contributed by atoms with E-state index in [0.29, 0.717) is 17.9 Å². The number of hydrogen-bond acceptors (Lipinski definition) is 4. The van der Waals surface area contributed by atoms with Crippen molar-refractivity contribution in [2.24, 2.45) is 0 Å². The number of rotatable bonds is 4. The van der Waals surface area contributed by atoms with Crippen molar-refractivity contribution in [1.29, 1.82) is 0 Å². The van der Waals surface area contributed by atoms with Crippen LogP contribution in [0.3, 0.4) is 0 Å². The lowest BCUT2D eigenvalue weighted by atomic mass is 10.0. The molecule has 1 heterocycles. The third-order valence-electron chi connectivity index (χ3n) is 3.07. The third kappa shape index (κ3) is 2.42. The Labute approximate surface area is 120 Å². The quantitative estimate of drug-likeness (QED) is 0.679. The van der Waals surface area contributed by atoms with E-state index in [9.17, 15) is 4.79 Å². The molecule has 0 N–H and O–H groups in total. The number of nitrogens with zero attached hydrogens (tertiary/aromatic N) is 1. The summed E-state index contributed by atoms with van der Waals surface area (Å²) >= 11 is 1.56. The molecule has 0 fully saturated rings. The number of fused-ring (bicyclic) bond motifs is 1. The molecule has 0 spiro atoms. The molecule has 100 valence electrons. The summed E-state index contributed by atoms with van der Waals surface area (Å²) in [6.45, 7) is 2.34. The van der Waals surface area contributed by atoms with Gasteiger partial charge in [-0.05, 0) is 23.8 Å². The molecule has 3 aromatic rings. The van der Waals surface area contributed by atoms with Gasteiger partial charge >= 0.3 is 0 Å². The topological polar surface area (TPSA) is 39.2 Å². The van der Waals surface area contributed by atoms with Gasteiger partial charge in [-0.15, -0.1) is 11.3 Å². The Morgan fingerprint density at radius 2 is 2.10 bits per heavy atom. The number of hydrogen-bond donors (Lipinski definition) is 0. The van der Waals surface area contributed by atoms with Crippen LogP contribution in [0.15, 0.2) is 41.8 Å². The van der Waals surface area contributed by atoms with Crippen molar-refractivity contribution in [3.05, 3.63) is 58.0 Å². The predicted molar refractivity (Wildman–Crippen MR) is 80.5 cm³/mol. The fourth-order valence-electron chi connectivity index (χ4n) is 2.13. The number of aryl methyl sites for hydroxylation is 1. The van der Waals surface area contributed by atoms with Gasteiger partial charge in [0.25, 0.3) is 0 Å². The molecular weight excluding hydrogens is 270 g/mol. The van der Waals surface area contributed by atoms with Gasteiger partial charge in [0, 0.05) is 11.1 Å². The molecule has 2 aromatic carbocycles. The van der Waals surface area contributed by atoms with Crippen LogP contribution in [0, 0.1) is 6.92 Å². The molecule has 0 atom stereocenters. The molecule has 3 nitrogen and oxygen atoms in total. The van der Waals surface area contributed by atoms with Gasteiger partial charge in [-0.25, -0.2) is 4.98 Å². The monoisotopic (exact) mass is 283 g/mol. The second-order valence-electron chi connectivity index (χ2n) is 4.49. The van der Waals surface area contributed by atoms with Crippen LogP contribution in [0.2, 0.25) is 0 Å². The Hall–Kier alpha value is -2.20. The summed E-state index contributed by atoms with van der Waals surface area (Å²) < 4.78 is 5.75. The van der Waals surface area contributed by atoms with Gasteiger partial charge in [0.15, 0.2) is 6.29 Å². The minimum absolute atomic E-state index is 0.387. The number of aldehydes is 1. The lowest BCUT2D eigenvalue weighted by molar-refractivity contribution is 0.112. The van der Waals surface area contributed by atoms with Gasteiger partial charge < -0.3 is 4.74 Å². The van der Waals surface area contributed by atoms with Crippen LogP contribution in [0.1, 0.15) is 21.1 Å². The van der Waals surface area contributed by atoms with Gasteiger partial charge in [-0.3, -0.25) is 4.79 Å². The van der Waals surface area contributed by atoms with Gasteiger partial charge in [-0.2, -0.15) is 0 Å². The lowest BCUT2D eigenvalue weighted by Gasteiger charge is -2.09. The number of aromatic nitrogens is 1. The van der Waals surface area contributed by atoms with E-state index in [1.807, 2.05) is 48.7 Å². The first kappa shape index (κ1) is 12.8. The Balaban J connectivity index is 1.93. The van der Waals surface area contributed by atoms with Crippen molar-refractivity contribution in [3.63, 3.8) is 0 Å². The molecule has 0 unspecified atom stereocenters. The maximum absolute atomic E-state index is 11.4. The van der Waals surface area contributed by atoms with Crippen LogP contribution in [-0.2, 0) is 6.61 Å². The number of carbonyl (C=O) groups excluding carboxylic acids is 1. The highest BCUT2D eigenvalue weighted by molar-refractivity contribution is 7.09. The zero-order chi connectivity index (χ0) is 13.9. The summed E-state index contributed by atoms with van der Waals surface area (Å²) in [6, 6.07) is 11.6. The SMILES string of the molecule is Cc1csc(COc2ccc3ccccc3c2C=O)n1. The number of ether oxygens (including phenoxy) is 1. The van der Waals surface area contributed by atoms with Crippen LogP contribution in [0.4, 0.5) is 0 Å². The first-order chi connectivity index (χ1) is 9.78. The summed E-state index contributed by atoms with van der Waals surface area (Å²) in [6.07, 6.45) is 0.852. The molecule has 3 rings (SSSR count).